The van der Waals surface area contributed by atoms with Gasteiger partial charge in [-0.2, -0.15) is 5.10 Å². The summed E-state index contributed by atoms with van der Waals surface area (Å²) in [5, 5.41) is 7.49. The predicted octanol–water partition coefficient (Wildman–Crippen LogP) is 1.97. The van der Waals surface area contributed by atoms with Gasteiger partial charge in [-0.05, 0) is 6.92 Å². The van der Waals surface area contributed by atoms with Crippen molar-refractivity contribution >= 4 is 17.2 Å². The second kappa shape index (κ2) is 4.23. The average Bonchev–Trinajstić information content (AvgIpc) is 2.85. The van der Waals surface area contributed by atoms with Crippen LogP contribution in [0.2, 0.25) is 0 Å². The molecule has 2 aromatic heterocycles. The van der Waals surface area contributed by atoms with E-state index in [4.69, 9.17) is 0 Å². The molecule has 74 valence electrons. The van der Waals surface area contributed by atoms with Crippen molar-refractivity contribution in [2.24, 2.45) is 0 Å². The summed E-state index contributed by atoms with van der Waals surface area (Å²) in [5.74, 6) is 1.06. The molecule has 0 aliphatic carbocycles. The molecule has 0 atom stereocenters. The van der Waals surface area contributed by atoms with Gasteiger partial charge >= 0.3 is 0 Å². The van der Waals surface area contributed by atoms with Gasteiger partial charge < -0.3 is 5.32 Å². The van der Waals surface area contributed by atoms with Gasteiger partial charge in [0, 0.05) is 23.7 Å². The molecule has 0 bridgehead atoms. The third kappa shape index (κ3) is 1.93. The fraction of sp³-hybridized carbons (Fsp3) is 0.333. The Bertz CT molecular complexity index is 379. The lowest BCUT2D eigenvalue weighted by Gasteiger charge is -2.05. The first-order valence-corrected chi connectivity index (χ1v) is 5.41. The Hall–Kier alpha value is -1.36. The number of aromatic nitrogens is 3. The highest BCUT2D eigenvalue weighted by Crippen LogP contribution is 2.10. The third-order valence-corrected chi connectivity index (χ3v) is 2.72. The highest BCUT2D eigenvalue weighted by atomic mass is 32.1. The van der Waals surface area contributed by atoms with Gasteiger partial charge in [0.15, 0.2) is 0 Å². The molecule has 0 fully saturated rings. The quantitative estimate of drug-likeness (QED) is 0.835. The molecule has 0 saturated carbocycles. The minimum Gasteiger partial charge on any atom is -0.365 e. The van der Waals surface area contributed by atoms with Crippen molar-refractivity contribution in [2.75, 3.05) is 5.32 Å². The number of rotatable bonds is 4. The lowest BCUT2D eigenvalue weighted by molar-refractivity contribution is 0.664. The van der Waals surface area contributed by atoms with E-state index in [1.807, 2.05) is 22.5 Å². The molecule has 2 rings (SSSR count). The largest absolute Gasteiger partial charge is 0.365 e. The Labute approximate surface area is 86.6 Å². The van der Waals surface area contributed by atoms with Crippen molar-refractivity contribution in [1.29, 1.82) is 0 Å². The molecule has 0 radical (unpaired) electrons. The third-order valence-electron chi connectivity index (χ3n) is 1.94. The van der Waals surface area contributed by atoms with Crippen molar-refractivity contribution in [3.63, 3.8) is 0 Å². The second-order valence-electron chi connectivity index (χ2n) is 2.85. The van der Waals surface area contributed by atoms with Crippen LogP contribution in [-0.4, -0.2) is 14.8 Å². The smallest absolute Gasteiger partial charge is 0.124 e. The number of aryl methyl sites for hydroxylation is 1. The molecule has 2 aromatic rings. The molecule has 0 spiro atoms. The molecule has 4 nitrogen and oxygen atoms in total. The van der Waals surface area contributed by atoms with Crippen LogP contribution in [0.5, 0.6) is 0 Å². The van der Waals surface area contributed by atoms with Gasteiger partial charge in [-0.25, -0.2) is 0 Å². The SMILES string of the molecule is CCn1nccc1NCc1cncs1. The molecule has 0 unspecified atom stereocenters. The van der Waals surface area contributed by atoms with Crippen molar-refractivity contribution in [1.82, 2.24) is 14.8 Å². The van der Waals surface area contributed by atoms with Crippen LogP contribution >= 0.6 is 11.3 Å². The Morgan fingerprint density at radius 3 is 3.21 bits per heavy atom. The van der Waals surface area contributed by atoms with Gasteiger partial charge in [-0.15, -0.1) is 11.3 Å². The lowest BCUT2D eigenvalue weighted by atomic mass is 10.5. The summed E-state index contributed by atoms with van der Waals surface area (Å²) in [5.41, 5.74) is 1.84. The van der Waals surface area contributed by atoms with E-state index in [0.717, 1.165) is 18.9 Å². The zero-order valence-corrected chi connectivity index (χ0v) is 8.79. The van der Waals surface area contributed by atoms with Gasteiger partial charge in [0.1, 0.15) is 5.82 Å². The van der Waals surface area contributed by atoms with Crippen LogP contribution in [0.15, 0.2) is 24.0 Å². The van der Waals surface area contributed by atoms with E-state index >= 15 is 0 Å². The van der Waals surface area contributed by atoms with Gasteiger partial charge in [0.2, 0.25) is 0 Å². The molecule has 0 aliphatic rings. The summed E-state index contributed by atoms with van der Waals surface area (Å²) in [6, 6.07) is 1.98. The minimum atomic E-state index is 0.816. The molecule has 5 heteroatoms. The molecule has 0 aromatic carbocycles. The first kappa shape index (κ1) is 9.21. The lowest BCUT2D eigenvalue weighted by Crippen LogP contribution is -2.05. The van der Waals surface area contributed by atoms with Gasteiger partial charge in [-0.3, -0.25) is 9.67 Å². The summed E-state index contributed by atoms with van der Waals surface area (Å²) in [6.45, 7) is 3.78. The zero-order chi connectivity index (χ0) is 9.80. The number of nitrogens with one attached hydrogen (secondary N) is 1. The normalized spacial score (nSPS) is 10.4. The number of thiazole rings is 1. The van der Waals surface area contributed by atoms with Crippen LogP contribution in [0.25, 0.3) is 0 Å². The van der Waals surface area contributed by atoms with E-state index in [2.05, 4.69) is 22.3 Å². The Morgan fingerprint density at radius 1 is 1.57 bits per heavy atom. The zero-order valence-electron chi connectivity index (χ0n) is 7.97. The van der Waals surface area contributed by atoms with Crippen LogP contribution in [0, 0.1) is 0 Å². The summed E-state index contributed by atoms with van der Waals surface area (Å²) < 4.78 is 1.93. The average molecular weight is 208 g/mol. The predicted molar refractivity (Wildman–Crippen MR) is 57.3 cm³/mol. The van der Waals surface area contributed by atoms with Crippen LogP contribution < -0.4 is 5.32 Å². The van der Waals surface area contributed by atoms with E-state index in [9.17, 15) is 0 Å². The molecular weight excluding hydrogens is 196 g/mol. The Morgan fingerprint density at radius 2 is 2.50 bits per heavy atom. The summed E-state index contributed by atoms with van der Waals surface area (Å²) in [4.78, 5) is 5.25. The highest BCUT2D eigenvalue weighted by Gasteiger charge is 2.00. The number of hydrogen-bond donors (Lipinski definition) is 1. The second-order valence-corrected chi connectivity index (χ2v) is 3.82. The fourth-order valence-electron chi connectivity index (χ4n) is 1.24. The Balaban J connectivity index is 1.98. The van der Waals surface area contributed by atoms with E-state index in [1.54, 1.807) is 17.5 Å². The van der Waals surface area contributed by atoms with Gasteiger partial charge in [0.25, 0.3) is 0 Å². The molecular formula is C9H12N4S. The monoisotopic (exact) mass is 208 g/mol. The van der Waals surface area contributed by atoms with E-state index in [1.165, 1.54) is 4.88 Å². The van der Waals surface area contributed by atoms with Crippen molar-refractivity contribution in [3.05, 3.63) is 28.8 Å². The Kier molecular flexibility index (Phi) is 2.78. The van der Waals surface area contributed by atoms with E-state index in [-0.39, 0.29) is 0 Å². The molecule has 1 N–H and O–H groups in total. The van der Waals surface area contributed by atoms with E-state index in [0.29, 0.717) is 0 Å². The summed E-state index contributed by atoms with van der Waals surface area (Å²) in [7, 11) is 0. The van der Waals surface area contributed by atoms with Gasteiger partial charge in [-0.1, -0.05) is 0 Å². The van der Waals surface area contributed by atoms with Crippen LogP contribution in [0.3, 0.4) is 0 Å². The summed E-state index contributed by atoms with van der Waals surface area (Å²) in [6.07, 6.45) is 3.68. The number of nitrogens with zero attached hydrogens (tertiary/aromatic N) is 3. The number of anilines is 1. The van der Waals surface area contributed by atoms with Crippen molar-refractivity contribution < 1.29 is 0 Å². The fourth-order valence-corrected chi connectivity index (χ4v) is 1.78. The maximum absolute atomic E-state index is 4.18. The maximum atomic E-state index is 4.18. The van der Waals surface area contributed by atoms with E-state index < -0.39 is 0 Å². The van der Waals surface area contributed by atoms with Crippen LogP contribution in [0.1, 0.15) is 11.8 Å². The first-order valence-electron chi connectivity index (χ1n) is 4.53. The highest BCUT2D eigenvalue weighted by molar-refractivity contribution is 7.09. The molecule has 2 heterocycles. The van der Waals surface area contributed by atoms with Crippen LogP contribution in [-0.2, 0) is 13.1 Å². The summed E-state index contributed by atoms with van der Waals surface area (Å²) >= 11 is 1.65. The topological polar surface area (TPSA) is 42.7 Å². The molecule has 0 amide bonds. The minimum absolute atomic E-state index is 0.816. The van der Waals surface area contributed by atoms with Crippen LogP contribution in [0.4, 0.5) is 5.82 Å². The standard InChI is InChI=1S/C9H12N4S/c1-2-13-9(3-4-12-13)11-6-8-5-10-7-14-8/h3-5,7,11H,2,6H2,1H3. The van der Waals surface area contributed by atoms with Crippen molar-refractivity contribution in [3.8, 4) is 0 Å². The van der Waals surface area contributed by atoms with Gasteiger partial charge in [0.05, 0.1) is 18.3 Å². The maximum Gasteiger partial charge on any atom is 0.124 e. The molecule has 14 heavy (non-hydrogen) atoms. The molecule has 0 saturated heterocycles. The number of hydrogen-bond acceptors (Lipinski definition) is 4. The van der Waals surface area contributed by atoms with Crippen molar-refractivity contribution in [2.45, 2.75) is 20.0 Å². The first-order chi connectivity index (χ1) is 6.90. The molecule has 0 aliphatic heterocycles.